The second-order valence-electron chi connectivity index (χ2n) is 7.45. The minimum atomic E-state index is -4.57. The van der Waals surface area contributed by atoms with Gasteiger partial charge in [-0.05, 0) is 53.5 Å². The molecule has 3 aromatic heterocycles. The molecule has 0 spiro atoms. The first kappa shape index (κ1) is 22.9. The monoisotopic (exact) mass is 524 g/mol. The van der Waals surface area contributed by atoms with Crippen molar-refractivity contribution in [1.29, 1.82) is 0 Å². The number of anilines is 1. The van der Waals surface area contributed by atoms with Gasteiger partial charge in [-0.3, -0.25) is 9.48 Å². The Morgan fingerprint density at radius 2 is 1.85 bits per heavy atom. The molecule has 0 aliphatic rings. The van der Waals surface area contributed by atoms with Gasteiger partial charge in [0, 0.05) is 11.9 Å². The zero-order valence-electron chi connectivity index (χ0n) is 17.4. The normalized spacial score (nSPS) is 11.8. The highest BCUT2D eigenvalue weighted by Crippen LogP contribution is 2.36. The van der Waals surface area contributed by atoms with E-state index in [0.29, 0.717) is 11.0 Å². The number of hydrogen-bond acceptors (Lipinski definition) is 4. The Balaban J connectivity index is 1.54. The molecule has 172 valence electrons. The molecule has 3 heterocycles. The van der Waals surface area contributed by atoms with E-state index < -0.39 is 17.6 Å². The highest BCUT2D eigenvalue weighted by Gasteiger charge is 2.35. The minimum absolute atomic E-state index is 0.0177. The summed E-state index contributed by atoms with van der Waals surface area (Å²) >= 11 is 3.32. The molecule has 0 fully saturated rings. The van der Waals surface area contributed by atoms with Gasteiger partial charge in [0.15, 0.2) is 11.5 Å². The number of amides is 1. The van der Waals surface area contributed by atoms with E-state index in [2.05, 4.69) is 36.4 Å². The van der Waals surface area contributed by atoms with Crippen LogP contribution in [0.15, 0.2) is 41.0 Å². The molecule has 0 saturated carbocycles. The Kier molecular flexibility index (Phi) is 5.95. The Labute approximate surface area is 193 Å². The molecule has 0 aliphatic carbocycles. The highest BCUT2D eigenvalue weighted by atomic mass is 79.9. The molecule has 33 heavy (non-hydrogen) atoms. The molecule has 0 unspecified atom stereocenters. The molecular formula is C21H17BrF4N6O. The Morgan fingerprint density at radius 1 is 1.15 bits per heavy atom. The number of nitrogens with zero attached hydrogens (tertiary/aromatic N) is 5. The van der Waals surface area contributed by atoms with Gasteiger partial charge in [0.2, 0.25) is 5.91 Å². The van der Waals surface area contributed by atoms with Gasteiger partial charge < -0.3 is 5.32 Å². The minimum Gasteiger partial charge on any atom is -0.307 e. The van der Waals surface area contributed by atoms with E-state index in [1.165, 1.54) is 26.0 Å². The number of benzene rings is 1. The predicted octanol–water partition coefficient (Wildman–Crippen LogP) is 4.85. The molecule has 7 nitrogen and oxygen atoms in total. The van der Waals surface area contributed by atoms with E-state index in [9.17, 15) is 22.4 Å². The summed E-state index contributed by atoms with van der Waals surface area (Å²) in [5.41, 5.74) is 0.248. The quantitative estimate of drug-likeness (QED) is 0.378. The molecule has 4 aromatic rings. The lowest BCUT2D eigenvalue weighted by Crippen LogP contribution is -2.20. The van der Waals surface area contributed by atoms with Crippen molar-refractivity contribution in [2.45, 2.75) is 33.1 Å². The van der Waals surface area contributed by atoms with Crippen LogP contribution in [-0.2, 0) is 24.1 Å². The van der Waals surface area contributed by atoms with Gasteiger partial charge in [-0.25, -0.2) is 14.1 Å². The number of carbonyl (C=O) groups is 1. The van der Waals surface area contributed by atoms with Gasteiger partial charge in [-0.2, -0.15) is 23.4 Å². The van der Waals surface area contributed by atoms with Crippen molar-refractivity contribution in [3.05, 3.63) is 69.3 Å². The summed E-state index contributed by atoms with van der Waals surface area (Å²) in [6.07, 6.45) is -2.93. The third-order valence-electron chi connectivity index (χ3n) is 4.84. The number of rotatable bonds is 5. The van der Waals surface area contributed by atoms with Gasteiger partial charge in [0.05, 0.1) is 27.7 Å². The Bertz CT molecular complexity index is 1340. The predicted molar refractivity (Wildman–Crippen MR) is 116 cm³/mol. The summed E-state index contributed by atoms with van der Waals surface area (Å²) in [5, 5.41) is 10.9. The molecule has 0 radical (unpaired) electrons. The summed E-state index contributed by atoms with van der Waals surface area (Å²) < 4.78 is 56.7. The molecule has 0 bridgehead atoms. The molecule has 0 saturated heterocycles. The highest BCUT2D eigenvalue weighted by molar-refractivity contribution is 9.10. The number of nitrogens with one attached hydrogen (secondary N) is 1. The fraction of sp³-hybridized carbons (Fsp3) is 0.238. The third kappa shape index (κ3) is 4.90. The van der Waals surface area contributed by atoms with Crippen molar-refractivity contribution in [1.82, 2.24) is 24.5 Å². The Morgan fingerprint density at radius 3 is 2.52 bits per heavy atom. The van der Waals surface area contributed by atoms with Crippen molar-refractivity contribution in [2.75, 3.05) is 5.32 Å². The van der Waals surface area contributed by atoms with E-state index in [1.54, 1.807) is 23.0 Å². The van der Waals surface area contributed by atoms with Crippen molar-refractivity contribution < 1.29 is 22.4 Å². The lowest BCUT2D eigenvalue weighted by atomic mass is 10.1. The number of aryl methyl sites for hydroxylation is 2. The van der Waals surface area contributed by atoms with Gasteiger partial charge in [0.25, 0.3) is 0 Å². The number of carbonyl (C=O) groups excluding carboxylic acids is 1. The van der Waals surface area contributed by atoms with Gasteiger partial charge in [0.1, 0.15) is 12.4 Å². The first-order chi connectivity index (χ1) is 15.5. The topological polar surface area (TPSA) is 77.6 Å². The van der Waals surface area contributed by atoms with Crippen molar-refractivity contribution in [3.8, 4) is 0 Å². The van der Waals surface area contributed by atoms with Crippen molar-refractivity contribution in [2.24, 2.45) is 0 Å². The molecule has 0 atom stereocenters. The maximum Gasteiger partial charge on any atom is 0.417 e. The van der Waals surface area contributed by atoms with Crippen LogP contribution in [0.5, 0.6) is 0 Å². The Hall–Kier alpha value is -3.28. The molecule has 1 amide bonds. The molecular weight excluding hydrogens is 508 g/mol. The summed E-state index contributed by atoms with van der Waals surface area (Å²) in [6, 6.07) is 6.89. The third-order valence-corrected chi connectivity index (χ3v) is 5.42. The first-order valence-corrected chi connectivity index (χ1v) is 10.5. The first-order valence-electron chi connectivity index (χ1n) is 9.70. The van der Waals surface area contributed by atoms with Crippen LogP contribution >= 0.6 is 15.9 Å². The largest absolute Gasteiger partial charge is 0.417 e. The maximum atomic E-state index is 13.5. The zero-order valence-corrected chi connectivity index (χ0v) is 19.0. The van der Waals surface area contributed by atoms with Crippen molar-refractivity contribution >= 4 is 38.7 Å². The summed E-state index contributed by atoms with van der Waals surface area (Å²) in [7, 11) is 0. The molecule has 0 aliphatic heterocycles. The zero-order chi connectivity index (χ0) is 23.9. The van der Waals surface area contributed by atoms with E-state index >= 15 is 0 Å². The van der Waals surface area contributed by atoms with Gasteiger partial charge in [-0.1, -0.05) is 12.1 Å². The van der Waals surface area contributed by atoms with Crippen LogP contribution in [0.1, 0.15) is 22.5 Å². The number of aromatic nitrogens is 5. The van der Waals surface area contributed by atoms with Crippen LogP contribution in [0.2, 0.25) is 0 Å². The lowest BCUT2D eigenvalue weighted by Gasteiger charge is -2.10. The number of fused-ring (bicyclic) bond motifs is 1. The van der Waals surface area contributed by atoms with Crippen LogP contribution in [0, 0.1) is 19.7 Å². The van der Waals surface area contributed by atoms with Crippen LogP contribution in [-0.4, -0.2) is 30.5 Å². The van der Waals surface area contributed by atoms with Crippen molar-refractivity contribution in [3.63, 3.8) is 0 Å². The number of pyridine rings is 1. The SMILES string of the molecule is Cc1cc(C(F)(F)F)c2c(C)nn(CC(=O)Nc3nn(Cc4ccc(F)cc4)cc3Br)c2n1. The van der Waals surface area contributed by atoms with E-state index in [1.807, 2.05) is 0 Å². The van der Waals surface area contributed by atoms with E-state index in [-0.39, 0.29) is 40.6 Å². The summed E-state index contributed by atoms with van der Waals surface area (Å²) in [6.45, 7) is 2.89. The second-order valence-corrected chi connectivity index (χ2v) is 8.30. The van der Waals surface area contributed by atoms with Gasteiger partial charge >= 0.3 is 6.18 Å². The smallest absolute Gasteiger partial charge is 0.307 e. The average molecular weight is 525 g/mol. The summed E-state index contributed by atoms with van der Waals surface area (Å²) in [4.78, 5) is 16.8. The molecule has 12 heteroatoms. The van der Waals surface area contributed by atoms with Crippen LogP contribution in [0.3, 0.4) is 0 Å². The number of halogens is 5. The fourth-order valence-electron chi connectivity index (χ4n) is 3.46. The van der Waals surface area contributed by atoms with E-state index in [0.717, 1.165) is 16.3 Å². The fourth-order valence-corrected chi connectivity index (χ4v) is 3.87. The van der Waals surface area contributed by atoms with Crippen LogP contribution < -0.4 is 5.32 Å². The molecule has 1 N–H and O–H groups in total. The maximum absolute atomic E-state index is 13.5. The second kappa shape index (κ2) is 8.58. The van der Waals surface area contributed by atoms with E-state index in [4.69, 9.17) is 0 Å². The average Bonchev–Trinajstić information content (AvgIpc) is 3.21. The molecule has 4 rings (SSSR count). The number of alkyl halides is 3. The van der Waals surface area contributed by atoms with Crippen LogP contribution in [0.25, 0.3) is 11.0 Å². The summed E-state index contributed by atoms with van der Waals surface area (Å²) in [5.74, 6) is -0.652. The molecule has 1 aromatic carbocycles. The standard InChI is InChI=1S/C21H17BrF4N6O/c1-11-7-15(21(24,25)26)18-12(2)29-32(20(18)27-11)10-17(33)28-19-16(22)9-31(30-19)8-13-3-5-14(23)6-4-13/h3-7,9H,8,10H2,1-2H3,(H,28,30,33). The number of hydrogen-bond donors (Lipinski definition) is 1. The van der Waals surface area contributed by atoms with Crippen LogP contribution in [0.4, 0.5) is 23.4 Å². The van der Waals surface area contributed by atoms with Gasteiger partial charge in [-0.15, -0.1) is 0 Å². The lowest BCUT2D eigenvalue weighted by molar-refractivity contribution is -0.136.